The van der Waals surface area contributed by atoms with Crippen LogP contribution in [0.4, 0.5) is 18.0 Å². The molecule has 1 aromatic carbocycles. The van der Waals surface area contributed by atoms with Gasteiger partial charge in [-0.05, 0) is 25.5 Å². The molecule has 11 heteroatoms. The summed E-state index contributed by atoms with van der Waals surface area (Å²) in [7, 11) is 0. The first-order valence-corrected chi connectivity index (χ1v) is 10.8. The van der Waals surface area contributed by atoms with Crippen LogP contribution in [-0.2, 0) is 20.5 Å². The van der Waals surface area contributed by atoms with Gasteiger partial charge in [0.25, 0.3) is 5.91 Å². The molecule has 8 nitrogen and oxygen atoms in total. The lowest BCUT2D eigenvalue weighted by atomic mass is 9.91. The monoisotopic (exact) mass is 466 g/mol. The minimum Gasteiger partial charge on any atom is -0.378 e. The van der Waals surface area contributed by atoms with E-state index in [4.69, 9.17) is 4.74 Å². The molecule has 1 fully saturated rings. The van der Waals surface area contributed by atoms with E-state index in [2.05, 4.69) is 5.32 Å². The second-order valence-corrected chi connectivity index (χ2v) is 8.12. The fourth-order valence-corrected chi connectivity index (χ4v) is 4.58. The van der Waals surface area contributed by atoms with Crippen LogP contribution in [0, 0.1) is 0 Å². The second kappa shape index (κ2) is 8.69. The molecule has 178 valence electrons. The average Bonchev–Trinajstić information content (AvgIpc) is 3.14. The Bertz CT molecular complexity index is 1000. The molecule has 33 heavy (non-hydrogen) atoms. The molecule has 3 heterocycles. The van der Waals surface area contributed by atoms with Crippen LogP contribution in [-0.4, -0.2) is 78.0 Å². The van der Waals surface area contributed by atoms with Crippen LogP contribution in [0.2, 0.25) is 0 Å². The van der Waals surface area contributed by atoms with Gasteiger partial charge in [-0.3, -0.25) is 14.5 Å². The van der Waals surface area contributed by atoms with E-state index in [1.54, 1.807) is 18.7 Å². The third kappa shape index (κ3) is 4.05. The number of carbonyl (C=O) groups excluding carboxylic acids is 3. The number of carbonyl (C=O) groups is 3. The van der Waals surface area contributed by atoms with E-state index in [1.165, 1.54) is 28.0 Å². The number of ether oxygens (including phenoxy) is 1. The highest BCUT2D eigenvalue weighted by Gasteiger charge is 2.48. The van der Waals surface area contributed by atoms with Gasteiger partial charge in [0.15, 0.2) is 0 Å². The highest BCUT2D eigenvalue weighted by molar-refractivity contribution is 6.03. The lowest BCUT2D eigenvalue weighted by molar-refractivity contribution is -0.145. The lowest BCUT2D eigenvalue weighted by Gasteiger charge is -2.33. The summed E-state index contributed by atoms with van der Waals surface area (Å²) in [6.45, 7) is 5.12. The second-order valence-electron chi connectivity index (χ2n) is 8.12. The molecule has 0 radical (unpaired) electrons. The number of urea groups is 1. The number of halogens is 3. The number of benzene rings is 1. The van der Waals surface area contributed by atoms with Gasteiger partial charge in [-0.25, -0.2) is 4.79 Å². The van der Waals surface area contributed by atoms with Gasteiger partial charge < -0.3 is 19.9 Å². The number of rotatable bonds is 4. The van der Waals surface area contributed by atoms with E-state index in [-0.39, 0.29) is 30.1 Å². The van der Waals surface area contributed by atoms with Crippen molar-refractivity contribution in [1.29, 1.82) is 0 Å². The van der Waals surface area contributed by atoms with Crippen molar-refractivity contribution in [2.75, 3.05) is 39.4 Å². The van der Waals surface area contributed by atoms with Crippen molar-refractivity contribution in [3.63, 3.8) is 0 Å². The molecule has 4 rings (SSSR count). The summed E-state index contributed by atoms with van der Waals surface area (Å²) in [6, 6.07) is 2.19. The fraction of sp³-hybridized carbons (Fsp3) is 0.500. The van der Waals surface area contributed by atoms with Crippen LogP contribution >= 0.6 is 0 Å². The van der Waals surface area contributed by atoms with Crippen LogP contribution in [0.25, 0.3) is 0 Å². The highest BCUT2D eigenvalue weighted by atomic mass is 19.4. The molecule has 0 bridgehead atoms. The minimum atomic E-state index is -4.66. The van der Waals surface area contributed by atoms with Crippen molar-refractivity contribution in [3.8, 4) is 0 Å². The number of amides is 4. The Morgan fingerprint density at radius 2 is 1.88 bits per heavy atom. The molecule has 0 unspecified atom stereocenters. The molecule has 1 aromatic rings. The van der Waals surface area contributed by atoms with Gasteiger partial charge in [-0.1, -0.05) is 18.2 Å². The summed E-state index contributed by atoms with van der Waals surface area (Å²) in [4.78, 5) is 43.5. The molecule has 1 saturated heterocycles. The zero-order valence-corrected chi connectivity index (χ0v) is 18.3. The Kier molecular flexibility index (Phi) is 6.08. The van der Waals surface area contributed by atoms with E-state index in [9.17, 15) is 27.6 Å². The zero-order valence-electron chi connectivity index (χ0n) is 18.3. The first kappa shape index (κ1) is 23.1. The smallest absolute Gasteiger partial charge is 0.378 e. The SMILES string of the molecule is CCN1C(=O)N[C@@H](c2ccccc2C(F)(F)F)C2=C1CN([C@@H](C)C(=O)N1CCOCC1)C2=O. The molecule has 0 aromatic heterocycles. The van der Waals surface area contributed by atoms with Gasteiger partial charge in [-0.15, -0.1) is 0 Å². The molecule has 0 spiro atoms. The number of morpholine rings is 1. The Labute approximate surface area is 188 Å². The van der Waals surface area contributed by atoms with E-state index in [0.717, 1.165) is 6.07 Å². The van der Waals surface area contributed by atoms with Gasteiger partial charge in [-0.2, -0.15) is 13.2 Å². The van der Waals surface area contributed by atoms with E-state index in [0.29, 0.717) is 32.0 Å². The standard InChI is InChI=1S/C22H25F3N4O4/c1-3-28-16-12-29(13(2)19(30)27-8-10-33-11-9-27)20(31)17(16)18(26-21(28)32)14-6-4-5-7-15(14)22(23,24)25/h4-7,13,18H,3,8-12H2,1-2H3,(H,26,32)/t13-,18-/m0/s1. The Morgan fingerprint density at radius 1 is 1.21 bits per heavy atom. The minimum absolute atomic E-state index is 0.0304. The molecule has 1 N–H and O–H groups in total. The quantitative estimate of drug-likeness (QED) is 0.737. The zero-order chi connectivity index (χ0) is 23.9. The molecule has 3 aliphatic rings. The van der Waals surface area contributed by atoms with Crippen LogP contribution in [0.3, 0.4) is 0 Å². The maximum atomic E-state index is 13.7. The van der Waals surface area contributed by atoms with Crippen LogP contribution in [0.1, 0.15) is 31.0 Å². The van der Waals surface area contributed by atoms with Crippen molar-refractivity contribution in [2.45, 2.75) is 32.1 Å². The summed E-state index contributed by atoms with van der Waals surface area (Å²) in [5, 5.41) is 2.57. The predicted molar refractivity (Wildman–Crippen MR) is 111 cm³/mol. The number of likely N-dealkylation sites (N-methyl/N-ethyl adjacent to an activating group) is 1. The van der Waals surface area contributed by atoms with E-state index in [1.807, 2.05) is 0 Å². The largest absolute Gasteiger partial charge is 0.416 e. The predicted octanol–water partition coefficient (Wildman–Crippen LogP) is 2.14. The molecular formula is C22H25F3N4O4. The molecular weight excluding hydrogens is 441 g/mol. The van der Waals surface area contributed by atoms with E-state index >= 15 is 0 Å². The summed E-state index contributed by atoms with van der Waals surface area (Å²) >= 11 is 0. The van der Waals surface area contributed by atoms with E-state index < -0.39 is 35.8 Å². The van der Waals surface area contributed by atoms with Gasteiger partial charge >= 0.3 is 12.2 Å². The topological polar surface area (TPSA) is 82.2 Å². The van der Waals surface area contributed by atoms with Crippen molar-refractivity contribution in [1.82, 2.24) is 20.0 Å². The number of hydrogen-bond acceptors (Lipinski definition) is 4. The maximum absolute atomic E-state index is 13.7. The Balaban J connectivity index is 1.71. The third-order valence-electron chi connectivity index (χ3n) is 6.29. The highest BCUT2D eigenvalue weighted by Crippen LogP contribution is 2.41. The van der Waals surface area contributed by atoms with Crippen LogP contribution < -0.4 is 5.32 Å². The molecule has 2 atom stereocenters. The Morgan fingerprint density at radius 3 is 2.52 bits per heavy atom. The fourth-order valence-electron chi connectivity index (χ4n) is 4.58. The molecule has 4 amide bonds. The number of nitrogens with one attached hydrogen (secondary N) is 1. The van der Waals surface area contributed by atoms with Crippen molar-refractivity contribution < 1.29 is 32.3 Å². The normalized spacial score (nSPS) is 22.5. The first-order chi connectivity index (χ1) is 15.6. The summed E-state index contributed by atoms with van der Waals surface area (Å²) in [5.74, 6) is -0.819. The maximum Gasteiger partial charge on any atom is 0.416 e. The van der Waals surface area contributed by atoms with Crippen LogP contribution in [0.15, 0.2) is 35.5 Å². The van der Waals surface area contributed by atoms with Crippen molar-refractivity contribution in [3.05, 3.63) is 46.7 Å². The number of alkyl halides is 3. The molecule has 0 aliphatic carbocycles. The first-order valence-electron chi connectivity index (χ1n) is 10.8. The summed E-state index contributed by atoms with van der Waals surface area (Å²) in [6.07, 6.45) is -4.66. The van der Waals surface area contributed by atoms with Crippen LogP contribution in [0.5, 0.6) is 0 Å². The average molecular weight is 466 g/mol. The van der Waals surface area contributed by atoms with Gasteiger partial charge in [0.1, 0.15) is 6.04 Å². The van der Waals surface area contributed by atoms with Gasteiger partial charge in [0, 0.05) is 19.6 Å². The number of hydrogen-bond donors (Lipinski definition) is 1. The number of nitrogens with zero attached hydrogens (tertiary/aromatic N) is 3. The lowest BCUT2D eigenvalue weighted by Crippen LogP contribution is -2.51. The van der Waals surface area contributed by atoms with Crippen molar-refractivity contribution >= 4 is 17.8 Å². The van der Waals surface area contributed by atoms with Crippen molar-refractivity contribution in [2.24, 2.45) is 0 Å². The summed E-state index contributed by atoms with van der Waals surface area (Å²) in [5.41, 5.74) is -0.732. The molecule has 0 saturated carbocycles. The Hall–Kier alpha value is -3.08. The summed E-state index contributed by atoms with van der Waals surface area (Å²) < 4.78 is 46.4. The third-order valence-corrected chi connectivity index (χ3v) is 6.29. The molecule has 3 aliphatic heterocycles. The van der Waals surface area contributed by atoms with Gasteiger partial charge in [0.2, 0.25) is 5.91 Å². The van der Waals surface area contributed by atoms with Gasteiger partial charge in [0.05, 0.1) is 42.6 Å².